The molecular formula is C16H11N3. The Morgan fingerprint density at radius 2 is 1.68 bits per heavy atom. The van der Waals surface area contributed by atoms with Gasteiger partial charge in [0, 0.05) is 11.1 Å². The number of nitrogens with zero attached hydrogens (tertiary/aromatic N) is 2. The highest BCUT2D eigenvalue weighted by Gasteiger charge is 2.02. The lowest BCUT2D eigenvalue weighted by Gasteiger charge is -2.09. The topological polar surface area (TPSA) is 48.7 Å². The van der Waals surface area contributed by atoms with E-state index in [1.807, 2.05) is 42.5 Å². The molecule has 0 saturated heterocycles. The minimum Gasteiger partial charge on any atom is -0.340 e. The van der Waals surface area contributed by atoms with Gasteiger partial charge in [0.2, 0.25) is 0 Å². The summed E-state index contributed by atoms with van der Waals surface area (Å²) in [5.41, 5.74) is 1.39. The molecule has 0 aliphatic carbocycles. The van der Waals surface area contributed by atoms with E-state index in [9.17, 15) is 0 Å². The summed E-state index contributed by atoms with van der Waals surface area (Å²) in [6.07, 6.45) is 0. The van der Waals surface area contributed by atoms with Gasteiger partial charge in [-0.05, 0) is 23.6 Å². The van der Waals surface area contributed by atoms with Gasteiger partial charge in [-0.2, -0.15) is 5.26 Å². The number of hydrogen-bond donors (Lipinski definition) is 1. The van der Waals surface area contributed by atoms with Crippen molar-refractivity contribution in [3.8, 4) is 6.07 Å². The Kier molecular flexibility index (Phi) is 2.83. The number of anilines is 2. The molecule has 0 spiro atoms. The highest BCUT2D eigenvalue weighted by Crippen LogP contribution is 2.25. The van der Waals surface area contributed by atoms with Gasteiger partial charge < -0.3 is 5.32 Å². The van der Waals surface area contributed by atoms with Crippen LogP contribution >= 0.6 is 0 Å². The van der Waals surface area contributed by atoms with Crippen LogP contribution in [0.3, 0.4) is 0 Å². The minimum atomic E-state index is 0.408. The maximum Gasteiger partial charge on any atom is 0.142 e. The lowest BCUT2D eigenvalue weighted by Crippen LogP contribution is -1.95. The molecule has 0 aliphatic rings. The molecule has 0 aliphatic heterocycles. The Morgan fingerprint density at radius 3 is 2.58 bits per heavy atom. The summed E-state index contributed by atoms with van der Waals surface area (Å²) in [5.74, 6) is 0.676. The second-order valence-corrected chi connectivity index (χ2v) is 4.17. The predicted octanol–water partition coefficient (Wildman–Crippen LogP) is 3.85. The molecule has 0 unspecified atom stereocenters. The number of benzene rings is 2. The van der Waals surface area contributed by atoms with Gasteiger partial charge in [-0.15, -0.1) is 0 Å². The molecule has 3 heteroatoms. The molecule has 19 heavy (non-hydrogen) atoms. The van der Waals surface area contributed by atoms with Crippen LogP contribution in [-0.4, -0.2) is 4.98 Å². The van der Waals surface area contributed by atoms with E-state index in [-0.39, 0.29) is 0 Å². The van der Waals surface area contributed by atoms with Crippen LogP contribution in [0.15, 0.2) is 60.7 Å². The van der Waals surface area contributed by atoms with Gasteiger partial charge in [-0.25, -0.2) is 4.98 Å². The van der Waals surface area contributed by atoms with Crippen molar-refractivity contribution in [3.63, 3.8) is 0 Å². The summed E-state index contributed by atoms with van der Waals surface area (Å²) in [6.45, 7) is 0. The van der Waals surface area contributed by atoms with Crippen molar-refractivity contribution in [1.29, 1.82) is 5.26 Å². The van der Waals surface area contributed by atoms with Gasteiger partial charge in [0.15, 0.2) is 0 Å². The molecule has 2 aromatic carbocycles. The second-order valence-electron chi connectivity index (χ2n) is 4.17. The van der Waals surface area contributed by atoms with Crippen molar-refractivity contribution >= 4 is 22.3 Å². The van der Waals surface area contributed by atoms with Crippen molar-refractivity contribution in [2.24, 2.45) is 0 Å². The van der Waals surface area contributed by atoms with E-state index < -0.39 is 0 Å². The monoisotopic (exact) mass is 245 g/mol. The van der Waals surface area contributed by atoms with Gasteiger partial charge in [0.1, 0.15) is 17.6 Å². The molecule has 3 rings (SSSR count). The van der Waals surface area contributed by atoms with Crippen LogP contribution in [0.2, 0.25) is 0 Å². The summed E-state index contributed by atoms with van der Waals surface area (Å²) < 4.78 is 0. The Hall–Kier alpha value is -2.86. The number of nitrogens with one attached hydrogen (secondary N) is 1. The SMILES string of the molecule is N#Cc1cccc(Nc2cccc3ccccc23)n1. The number of fused-ring (bicyclic) bond motifs is 1. The third-order valence-electron chi connectivity index (χ3n) is 2.92. The summed E-state index contributed by atoms with van der Waals surface area (Å²) >= 11 is 0. The Bertz CT molecular complexity index is 767. The van der Waals surface area contributed by atoms with E-state index in [2.05, 4.69) is 28.5 Å². The molecule has 0 amide bonds. The zero-order chi connectivity index (χ0) is 13.1. The average Bonchev–Trinajstić information content (AvgIpc) is 2.48. The zero-order valence-electron chi connectivity index (χ0n) is 10.2. The molecule has 0 radical (unpaired) electrons. The van der Waals surface area contributed by atoms with Crippen LogP contribution in [0.5, 0.6) is 0 Å². The van der Waals surface area contributed by atoms with Crippen molar-refractivity contribution in [2.45, 2.75) is 0 Å². The first kappa shape index (κ1) is 11.2. The lowest BCUT2D eigenvalue weighted by atomic mass is 10.1. The van der Waals surface area contributed by atoms with Gasteiger partial charge in [-0.3, -0.25) is 0 Å². The fourth-order valence-electron chi connectivity index (χ4n) is 2.04. The predicted molar refractivity (Wildman–Crippen MR) is 76.2 cm³/mol. The molecular weight excluding hydrogens is 234 g/mol. The molecule has 0 atom stereocenters. The van der Waals surface area contributed by atoms with Crippen molar-refractivity contribution in [1.82, 2.24) is 4.98 Å². The summed E-state index contributed by atoms with van der Waals surface area (Å²) in [5, 5.41) is 14.4. The Labute approximate surface area is 111 Å². The smallest absolute Gasteiger partial charge is 0.142 e. The van der Waals surface area contributed by atoms with Crippen LogP contribution < -0.4 is 5.32 Å². The first-order chi connectivity index (χ1) is 9.36. The van der Waals surface area contributed by atoms with E-state index >= 15 is 0 Å². The first-order valence-electron chi connectivity index (χ1n) is 5.99. The van der Waals surface area contributed by atoms with E-state index in [1.165, 1.54) is 5.39 Å². The van der Waals surface area contributed by atoms with Crippen molar-refractivity contribution in [2.75, 3.05) is 5.32 Å². The number of rotatable bonds is 2. The third-order valence-corrected chi connectivity index (χ3v) is 2.92. The minimum absolute atomic E-state index is 0.408. The van der Waals surface area contributed by atoms with Crippen LogP contribution in [0.25, 0.3) is 10.8 Å². The highest BCUT2D eigenvalue weighted by atomic mass is 15.0. The molecule has 0 fully saturated rings. The fraction of sp³-hybridized carbons (Fsp3) is 0. The number of aromatic nitrogens is 1. The van der Waals surface area contributed by atoms with Gasteiger partial charge in [0.05, 0.1) is 0 Å². The van der Waals surface area contributed by atoms with Crippen molar-refractivity contribution in [3.05, 3.63) is 66.4 Å². The average molecular weight is 245 g/mol. The molecule has 1 N–H and O–H groups in total. The normalized spacial score (nSPS) is 10.1. The van der Waals surface area contributed by atoms with Crippen LogP contribution in [-0.2, 0) is 0 Å². The first-order valence-corrected chi connectivity index (χ1v) is 5.99. The van der Waals surface area contributed by atoms with Crippen molar-refractivity contribution < 1.29 is 0 Å². The second kappa shape index (κ2) is 4.79. The van der Waals surface area contributed by atoms with Crippen LogP contribution in [0, 0.1) is 11.3 Å². The molecule has 1 heterocycles. The quantitative estimate of drug-likeness (QED) is 0.746. The fourth-order valence-corrected chi connectivity index (χ4v) is 2.04. The number of nitriles is 1. The largest absolute Gasteiger partial charge is 0.340 e. The highest BCUT2D eigenvalue weighted by molar-refractivity contribution is 5.95. The summed E-state index contributed by atoms with van der Waals surface area (Å²) in [7, 11) is 0. The maximum atomic E-state index is 8.86. The molecule has 3 nitrogen and oxygen atoms in total. The lowest BCUT2D eigenvalue weighted by molar-refractivity contribution is 1.26. The third kappa shape index (κ3) is 2.24. The molecule has 90 valence electrons. The Morgan fingerprint density at radius 1 is 0.895 bits per heavy atom. The Balaban J connectivity index is 2.04. The number of pyridine rings is 1. The van der Waals surface area contributed by atoms with Crippen LogP contribution in [0.4, 0.5) is 11.5 Å². The molecule has 0 bridgehead atoms. The van der Waals surface area contributed by atoms with Gasteiger partial charge in [-0.1, -0.05) is 42.5 Å². The zero-order valence-corrected chi connectivity index (χ0v) is 10.2. The molecule has 0 saturated carbocycles. The summed E-state index contributed by atoms with van der Waals surface area (Å²) in [4.78, 5) is 4.22. The van der Waals surface area contributed by atoms with E-state index in [4.69, 9.17) is 5.26 Å². The van der Waals surface area contributed by atoms with E-state index in [1.54, 1.807) is 6.07 Å². The van der Waals surface area contributed by atoms with Gasteiger partial charge in [0.25, 0.3) is 0 Å². The maximum absolute atomic E-state index is 8.86. The van der Waals surface area contributed by atoms with Crippen LogP contribution in [0.1, 0.15) is 5.69 Å². The standard InChI is InChI=1S/C16H11N3/c17-11-13-7-4-10-16(18-13)19-15-9-3-6-12-5-1-2-8-14(12)15/h1-10H,(H,18,19). The summed E-state index contributed by atoms with van der Waals surface area (Å²) in [6, 6.07) is 21.6. The molecule has 1 aromatic heterocycles. The van der Waals surface area contributed by atoms with Gasteiger partial charge >= 0.3 is 0 Å². The number of hydrogen-bond acceptors (Lipinski definition) is 3. The van der Waals surface area contributed by atoms with E-state index in [0.717, 1.165) is 11.1 Å². The van der Waals surface area contributed by atoms with E-state index in [0.29, 0.717) is 11.5 Å². The molecule has 3 aromatic rings.